The first-order valence-corrected chi connectivity index (χ1v) is 9.91. The van der Waals surface area contributed by atoms with Gasteiger partial charge >= 0.3 is 0 Å². The summed E-state index contributed by atoms with van der Waals surface area (Å²) in [6.07, 6.45) is 4.28. The van der Waals surface area contributed by atoms with Crippen LogP contribution < -0.4 is 10.1 Å². The summed E-state index contributed by atoms with van der Waals surface area (Å²) < 4.78 is 32.2. The number of hydrogen-bond acceptors (Lipinski definition) is 4. The Kier molecular flexibility index (Phi) is 6.79. The first-order valence-electron chi connectivity index (χ1n) is 8.09. The molecule has 1 atom stereocenters. The Morgan fingerprint density at radius 2 is 1.96 bits per heavy atom. The van der Waals surface area contributed by atoms with Crippen LogP contribution in [0.1, 0.15) is 25.7 Å². The summed E-state index contributed by atoms with van der Waals surface area (Å²) in [5, 5.41) is 3.85. The average Bonchev–Trinajstić information content (AvgIpc) is 3.09. The molecule has 1 aromatic carbocycles. The number of methoxy groups -OCH3 is 1. The number of halogens is 2. The van der Waals surface area contributed by atoms with Gasteiger partial charge in [-0.05, 0) is 56.3 Å². The van der Waals surface area contributed by atoms with E-state index in [1.54, 1.807) is 16.4 Å². The summed E-state index contributed by atoms with van der Waals surface area (Å²) in [6, 6.07) is 5.20. The molecular formula is C16H24Cl2N2O3S. The molecule has 0 spiro atoms. The van der Waals surface area contributed by atoms with Crippen LogP contribution in [-0.2, 0) is 10.0 Å². The highest BCUT2D eigenvalue weighted by molar-refractivity contribution is 7.89. The van der Waals surface area contributed by atoms with Crippen LogP contribution in [0.3, 0.4) is 0 Å². The second-order valence-corrected chi connectivity index (χ2v) is 8.59. The number of sulfonamides is 1. The Hall–Kier alpha value is -0.530. The summed E-state index contributed by atoms with van der Waals surface area (Å²) in [6.45, 7) is 2.25. The lowest BCUT2D eigenvalue weighted by atomic mass is 9.89. The zero-order chi connectivity index (χ0) is 16.4. The molecule has 1 aromatic rings. The molecule has 24 heavy (non-hydrogen) atoms. The van der Waals surface area contributed by atoms with Gasteiger partial charge in [-0.15, -0.1) is 12.4 Å². The molecule has 2 heterocycles. The standard InChI is InChI=1S/C16H23ClN2O3S.ClH/c1-22-16-5-4-13(11-14(16)17)23(20,21)19-9-6-12(7-10-19)15-3-2-8-18-15;/h4-5,11-12,15,18H,2-3,6-10H2,1H3;1H. The van der Waals surface area contributed by atoms with E-state index in [0.29, 0.717) is 35.8 Å². The van der Waals surface area contributed by atoms with Crippen LogP contribution in [0.5, 0.6) is 5.75 Å². The van der Waals surface area contributed by atoms with Crippen LogP contribution in [0, 0.1) is 5.92 Å². The van der Waals surface area contributed by atoms with E-state index in [4.69, 9.17) is 16.3 Å². The third-order valence-corrected chi connectivity index (χ3v) is 7.12. The van der Waals surface area contributed by atoms with Gasteiger partial charge in [-0.3, -0.25) is 0 Å². The van der Waals surface area contributed by atoms with Crippen molar-refractivity contribution in [2.45, 2.75) is 36.6 Å². The van der Waals surface area contributed by atoms with Crippen molar-refractivity contribution >= 4 is 34.0 Å². The molecule has 2 aliphatic heterocycles. The summed E-state index contributed by atoms with van der Waals surface area (Å²) in [4.78, 5) is 0.237. The minimum absolute atomic E-state index is 0. The molecule has 5 nitrogen and oxygen atoms in total. The van der Waals surface area contributed by atoms with Crippen molar-refractivity contribution in [3.63, 3.8) is 0 Å². The molecule has 3 rings (SSSR count). The number of piperidine rings is 1. The number of hydrogen-bond donors (Lipinski definition) is 1. The summed E-state index contributed by atoms with van der Waals surface area (Å²) >= 11 is 6.07. The molecule has 8 heteroatoms. The van der Waals surface area contributed by atoms with Crippen LogP contribution in [0.15, 0.2) is 23.1 Å². The third kappa shape index (κ3) is 3.99. The molecule has 2 fully saturated rings. The van der Waals surface area contributed by atoms with Crippen molar-refractivity contribution in [1.29, 1.82) is 0 Å². The lowest BCUT2D eigenvalue weighted by molar-refractivity contribution is 0.234. The molecule has 0 aliphatic carbocycles. The molecule has 0 saturated carbocycles. The Morgan fingerprint density at radius 3 is 2.50 bits per heavy atom. The van der Waals surface area contributed by atoms with E-state index in [2.05, 4.69) is 5.32 Å². The molecule has 0 amide bonds. The van der Waals surface area contributed by atoms with Crippen molar-refractivity contribution in [2.75, 3.05) is 26.7 Å². The van der Waals surface area contributed by atoms with Crippen LogP contribution >= 0.6 is 24.0 Å². The van der Waals surface area contributed by atoms with Gasteiger partial charge in [0.2, 0.25) is 10.0 Å². The zero-order valence-corrected chi connectivity index (χ0v) is 16.1. The van der Waals surface area contributed by atoms with E-state index in [1.807, 2.05) is 0 Å². The number of nitrogens with one attached hydrogen (secondary N) is 1. The lowest BCUT2D eigenvalue weighted by Crippen LogP contribution is -2.43. The summed E-state index contributed by atoms with van der Waals surface area (Å²) in [5.41, 5.74) is 0. The van der Waals surface area contributed by atoms with Gasteiger partial charge in [0.1, 0.15) is 5.75 Å². The van der Waals surface area contributed by atoms with Gasteiger partial charge in [-0.2, -0.15) is 4.31 Å². The number of benzene rings is 1. The maximum atomic E-state index is 12.8. The minimum atomic E-state index is -3.48. The van der Waals surface area contributed by atoms with Crippen molar-refractivity contribution in [2.24, 2.45) is 5.92 Å². The van der Waals surface area contributed by atoms with E-state index < -0.39 is 10.0 Å². The summed E-state index contributed by atoms with van der Waals surface area (Å²) in [5.74, 6) is 1.07. The maximum absolute atomic E-state index is 12.8. The predicted octanol–water partition coefficient (Wildman–Crippen LogP) is 2.92. The van der Waals surface area contributed by atoms with Gasteiger partial charge in [0.05, 0.1) is 17.0 Å². The quantitative estimate of drug-likeness (QED) is 0.852. The molecule has 0 radical (unpaired) electrons. The van der Waals surface area contributed by atoms with E-state index in [-0.39, 0.29) is 17.3 Å². The highest BCUT2D eigenvalue weighted by Gasteiger charge is 2.33. The van der Waals surface area contributed by atoms with Crippen LogP contribution in [0.25, 0.3) is 0 Å². The van der Waals surface area contributed by atoms with Crippen molar-refractivity contribution in [3.05, 3.63) is 23.2 Å². The number of ether oxygens (including phenoxy) is 1. The largest absolute Gasteiger partial charge is 0.495 e. The Bertz CT molecular complexity index is 655. The Balaban J connectivity index is 0.00000208. The fourth-order valence-electron chi connectivity index (χ4n) is 3.59. The highest BCUT2D eigenvalue weighted by Crippen LogP contribution is 2.31. The molecule has 2 saturated heterocycles. The molecule has 136 valence electrons. The van der Waals surface area contributed by atoms with E-state index in [9.17, 15) is 8.42 Å². The van der Waals surface area contributed by atoms with Crippen molar-refractivity contribution < 1.29 is 13.2 Å². The van der Waals surface area contributed by atoms with Crippen molar-refractivity contribution in [3.8, 4) is 5.75 Å². The second kappa shape index (κ2) is 8.23. The van der Waals surface area contributed by atoms with Crippen LogP contribution in [-0.4, -0.2) is 45.5 Å². The lowest BCUT2D eigenvalue weighted by Gasteiger charge is -2.34. The smallest absolute Gasteiger partial charge is 0.243 e. The Morgan fingerprint density at radius 1 is 1.25 bits per heavy atom. The second-order valence-electron chi connectivity index (χ2n) is 6.24. The topological polar surface area (TPSA) is 58.6 Å². The fourth-order valence-corrected chi connectivity index (χ4v) is 5.41. The van der Waals surface area contributed by atoms with E-state index in [1.165, 1.54) is 26.0 Å². The van der Waals surface area contributed by atoms with E-state index >= 15 is 0 Å². The van der Waals surface area contributed by atoms with Gasteiger partial charge in [0.25, 0.3) is 0 Å². The monoisotopic (exact) mass is 394 g/mol. The number of nitrogens with zero attached hydrogens (tertiary/aromatic N) is 1. The van der Waals surface area contributed by atoms with Crippen LogP contribution in [0.4, 0.5) is 0 Å². The zero-order valence-electron chi connectivity index (χ0n) is 13.7. The molecule has 1 N–H and O–H groups in total. The van der Waals surface area contributed by atoms with Gasteiger partial charge < -0.3 is 10.1 Å². The fraction of sp³-hybridized carbons (Fsp3) is 0.625. The van der Waals surface area contributed by atoms with Gasteiger partial charge in [0.15, 0.2) is 0 Å². The van der Waals surface area contributed by atoms with Gasteiger partial charge in [-0.25, -0.2) is 8.42 Å². The minimum Gasteiger partial charge on any atom is -0.495 e. The normalized spacial score (nSPS) is 23.0. The summed E-state index contributed by atoms with van der Waals surface area (Å²) in [7, 11) is -1.97. The highest BCUT2D eigenvalue weighted by atomic mass is 35.5. The SMILES string of the molecule is COc1ccc(S(=O)(=O)N2CCC(C3CCCN3)CC2)cc1Cl.Cl. The van der Waals surface area contributed by atoms with Gasteiger partial charge in [-0.1, -0.05) is 11.6 Å². The Labute approximate surface area is 155 Å². The number of rotatable bonds is 4. The maximum Gasteiger partial charge on any atom is 0.243 e. The average molecular weight is 395 g/mol. The third-order valence-electron chi connectivity index (χ3n) is 4.93. The first-order chi connectivity index (χ1) is 11.0. The predicted molar refractivity (Wildman–Crippen MR) is 97.8 cm³/mol. The van der Waals surface area contributed by atoms with Crippen molar-refractivity contribution in [1.82, 2.24) is 9.62 Å². The van der Waals surface area contributed by atoms with Crippen LogP contribution in [0.2, 0.25) is 5.02 Å². The first kappa shape index (κ1) is 19.8. The van der Waals surface area contributed by atoms with E-state index in [0.717, 1.165) is 19.4 Å². The molecule has 1 unspecified atom stereocenters. The molecule has 0 bridgehead atoms. The molecule has 2 aliphatic rings. The molecular weight excluding hydrogens is 371 g/mol. The van der Waals surface area contributed by atoms with Gasteiger partial charge in [0, 0.05) is 19.1 Å². The molecule has 0 aromatic heterocycles.